The minimum absolute atomic E-state index is 0.114. The highest BCUT2D eigenvalue weighted by atomic mass is 16.5. The standard InChI is InChI=1S/C18H22N2O3/c1-13-5-6-17(14(2)10-13)23-9-3-4-18(22)20-16-11-19-8-7-15(16)12-21/h5-8,10-11,21H,3-4,9,12H2,1-2H3,(H,20,22). The fourth-order valence-electron chi connectivity index (χ4n) is 2.26. The van der Waals surface area contributed by atoms with E-state index in [1.54, 1.807) is 12.3 Å². The lowest BCUT2D eigenvalue weighted by atomic mass is 10.1. The maximum absolute atomic E-state index is 11.9. The van der Waals surface area contributed by atoms with Gasteiger partial charge in [-0.15, -0.1) is 0 Å². The number of hydrogen-bond acceptors (Lipinski definition) is 4. The van der Waals surface area contributed by atoms with Gasteiger partial charge in [-0.3, -0.25) is 9.78 Å². The van der Waals surface area contributed by atoms with Crippen molar-refractivity contribution in [1.82, 2.24) is 4.98 Å². The molecule has 0 bridgehead atoms. The quantitative estimate of drug-likeness (QED) is 0.771. The Morgan fingerprint density at radius 2 is 2.13 bits per heavy atom. The van der Waals surface area contributed by atoms with E-state index in [2.05, 4.69) is 16.4 Å². The fourth-order valence-corrected chi connectivity index (χ4v) is 2.26. The summed E-state index contributed by atoms with van der Waals surface area (Å²) in [6.07, 6.45) is 4.09. The molecule has 5 heteroatoms. The average molecular weight is 314 g/mol. The van der Waals surface area contributed by atoms with Crippen molar-refractivity contribution in [3.63, 3.8) is 0 Å². The minimum atomic E-state index is -0.131. The maximum Gasteiger partial charge on any atom is 0.224 e. The number of anilines is 1. The molecule has 5 nitrogen and oxygen atoms in total. The van der Waals surface area contributed by atoms with Crippen LogP contribution in [0.4, 0.5) is 5.69 Å². The van der Waals surface area contributed by atoms with E-state index in [1.807, 2.05) is 26.0 Å². The van der Waals surface area contributed by atoms with Crippen LogP contribution in [0.1, 0.15) is 29.5 Å². The topological polar surface area (TPSA) is 71.5 Å². The number of carbonyl (C=O) groups excluding carboxylic acids is 1. The van der Waals surface area contributed by atoms with E-state index in [-0.39, 0.29) is 12.5 Å². The molecule has 1 heterocycles. The highest BCUT2D eigenvalue weighted by Crippen LogP contribution is 2.19. The van der Waals surface area contributed by atoms with Gasteiger partial charge in [0, 0.05) is 18.2 Å². The molecule has 0 aliphatic heterocycles. The van der Waals surface area contributed by atoms with E-state index in [4.69, 9.17) is 4.74 Å². The molecule has 0 unspecified atom stereocenters. The lowest BCUT2D eigenvalue weighted by Gasteiger charge is -2.10. The van der Waals surface area contributed by atoms with Crippen LogP contribution in [0.2, 0.25) is 0 Å². The van der Waals surface area contributed by atoms with Crippen LogP contribution in [0, 0.1) is 13.8 Å². The normalized spacial score (nSPS) is 10.4. The summed E-state index contributed by atoms with van der Waals surface area (Å²) in [6, 6.07) is 7.71. The molecule has 0 spiro atoms. The summed E-state index contributed by atoms with van der Waals surface area (Å²) in [6.45, 7) is 4.40. The smallest absolute Gasteiger partial charge is 0.224 e. The molecule has 2 aromatic rings. The van der Waals surface area contributed by atoms with Gasteiger partial charge in [-0.1, -0.05) is 17.7 Å². The Balaban J connectivity index is 1.76. The first-order valence-corrected chi connectivity index (χ1v) is 7.64. The third kappa shape index (κ3) is 5.07. The monoisotopic (exact) mass is 314 g/mol. The van der Waals surface area contributed by atoms with Crippen LogP contribution in [0.5, 0.6) is 5.75 Å². The summed E-state index contributed by atoms with van der Waals surface area (Å²) in [7, 11) is 0. The number of carbonyl (C=O) groups is 1. The average Bonchev–Trinajstić information content (AvgIpc) is 2.53. The van der Waals surface area contributed by atoms with Crippen molar-refractivity contribution >= 4 is 11.6 Å². The van der Waals surface area contributed by atoms with Crippen LogP contribution in [0.15, 0.2) is 36.7 Å². The number of aliphatic hydroxyl groups is 1. The molecule has 0 fully saturated rings. The van der Waals surface area contributed by atoms with Crippen LogP contribution in [0.25, 0.3) is 0 Å². The third-order valence-electron chi connectivity index (χ3n) is 3.49. The zero-order valence-corrected chi connectivity index (χ0v) is 13.5. The number of aryl methyl sites for hydroxylation is 2. The summed E-state index contributed by atoms with van der Waals surface area (Å²) in [5.41, 5.74) is 3.50. The van der Waals surface area contributed by atoms with Gasteiger partial charge in [0.05, 0.1) is 25.1 Å². The van der Waals surface area contributed by atoms with E-state index < -0.39 is 0 Å². The predicted octanol–water partition coefficient (Wildman–Crippen LogP) is 2.99. The first kappa shape index (κ1) is 17.0. The molecular formula is C18H22N2O3. The zero-order valence-electron chi connectivity index (χ0n) is 13.5. The Morgan fingerprint density at radius 1 is 1.30 bits per heavy atom. The number of pyridine rings is 1. The van der Waals surface area contributed by atoms with E-state index in [0.29, 0.717) is 30.7 Å². The molecule has 1 amide bonds. The molecule has 0 atom stereocenters. The highest BCUT2D eigenvalue weighted by molar-refractivity contribution is 5.91. The molecular weight excluding hydrogens is 292 g/mol. The molecule has 2 N–H and O–H groups in total. The van der Waals surface area contributed by atoms with Crippen LogP contribution in [-0.2, 0) is 11.4 Å². The number of rotatable bonds is 7. The third-order valence-corrected chi connectivity index (χ3v) is 3.49. The van der Waals surface area contributed by atoms with Gasteiger partial charge in [0.1, 0.15) is 5.75 Å². The van der Waals surface area contributed by atoms with Crippen LogP contribution < -0.4 is 10.1 Å². The van der Waals surface area contributed by atoms with Crippen LogP contribution in [0.3, 0.4) is 0 Å². The molecule has 0 radical (unpaired) electrons. The summed E-state index contributed by atoms with van der Waals surface area (Å²) in [5.74, 6) is 0.739. The van der Waals surface area contributed by atoms with E-state index in [1.165, 1.54) is 11.8 Å². The van der Waals surface area contributed by atoms with Crippen molar-refractivity contribution in [3.8, 4) is 5.75 Å². The van der Waals surface area contributed by atoms with E-state index in [0.717, 1.165) is 11.3 Å². The number of hydrogen-bond donors (Lipinski definition) is 2. The van der Waals surface area contributed by atoms with Crippen molar-refractivity contribution in [2.45, 2.75) is 33.3 Å². The van der Waals surface area contributed by atoms with Gasteiger partial charge < -0.3 is 15.2 Å². The Hall–Kier alpha value is -2.40. The Kier molecular flexibility index (Phi) is 6.11. The summed E-state index contributed by atoms with van der Waals surface area (Å²) < 4.78 is 5.70. The van der Waals surface area contributed by atoms with Gasteiger partial charge in [0.2, 0.25) is 5.91 Å². The molecule has 1 aromatic heterocycles. The first-order valence-electron chi connectivity index (χ1n) is 7.64. The largest absolute Gasteiger partial charge is 0.493 e. The van der Waals surface area contributed by atoms with Crippen molar-refractivity contribution in [1.29, 1.82) is 0 Å². The van der Waals surface area contributed by atoms with E-state index in [9.17, 15) is 9.90 Å². The van der Waals surface area contributed by atoms with Gasteiger partial charge in [-0.05, 0) is 38.0 Å². The number of nitrogens with one attached hydrogen (secondary N) is 1. The maximum atomic E-state index is 11.9. The number of aliphatic hydroxyl groups excluding tert-OH is 1. The fraction of sp³-hybridized carbons (Fsp3) is 0.333. The number of amides is 1. The molecule has 0 saturated carbocycles. The summed E-state index contributed by atoms with van der Waals surface area (Å²) in [4.78, 5) is 15.9. The van der Waals surface area contributed by atoms with Crippen molar-refractivity contribution in [2.24, 2.45) is 0 Å². The van der Waals surface area contributed by atoms with Crippen LogP contribution >= 0.6 is 0 Å². The number of aromatic nitrogens is 1. The molecule has 23 heavy (non-hydrogen) atoms. The molecule has 1 aromatic carbocycles. The lowest BCUT2D eigenvalue weighted by Crippen LogP contribution is -2.14. The lowest BCUT2D eigenvalue weighted by molar-refractivity contribution is -0.116. The molecule has 0 saturated heterocycles. The number of ether oxygens (including phenoxy) is 1. The highest BCUT2D eigenvalue weighted by Gasteiger charge is 2.07. The second-order valence-corrected chi connectivity index (χ2v) is 5.46. The zero-order chi connectivity index (χ0) is 16.7. The predicted molar refractivity (Wildman–Crippen MR) is 89.4 cm³/mol. The second kappa shape index (κ2) is 8.29. The van der Waals surface area contributed by atoms with Gasteiger partial charge in [-0.2, -0.15) is 0 Å². The molecule has 2 rings (SSSR count). The Morgan fingerprint density at radius 3 is 2.87 bits per heavy atom. The molecule has 0 aliphatic rings. The number of nitrogens with zero attached hydrogens (tertiary/aromatic N) is 1. The molecule has 0 aliphatic carbocycles. The number of benzene rings is 1. The first-order chi connectivity index (χ1) is 11.1. The SMILES string of the molecule is Cc1ccc(OCCCC(=O)Nc2cnccc2CO)c(C)c1. The summed E-state index contributed by atoms with van der Waals surface area (Å²) in [5, 5.41) is 12.0. The Labute approximate surface area is 136 Å². The van der Waals surface area contributed by atoms with Crippen molar-refractivity contribution in [2.75, 3.05) is 11.9 Å². The Bertz CT molecular complexity index is 671. The van der Waals surface area contributed by atoms with Crippen molar-refractivity contribution < 1.29 is 14.6 Å². The van der Waals surface area contributed by atoms with Crippen molar-refractivity contribution in [3.05, 3.63) is 53.3 Å². The second-order valence-electron chi connectivity index (χ2n) is 5.46. The molecule has 122 valence electrons. The summed E-state index contributed by atoms with van der Waals surface area (Å²) >= 11 is 0. The minimum Gasteiger partial charge on any atom is -0.493 e. The van der Waals surface area contributed by atoms with Crippen LogP contribution in [-0.4, -0.2) is 22.6 Å². The van der Waals surface area contributed by atoms with E-state index >= 15 is 0 Å². The van der Waals surface area contributed by atoms with Gasteiger partial charge in [0.25, 0.3) is 0 Å². The van der Waals surface area contributed by atoms with Gasteiger partial charge >= 0.3 is 0 Å². The van der Waals surface area contributed by atoms with Gasteiger partial charge in [0.15, 0.2) is 0 Å². The van der Waals surface area contributed by atoms with Gasteiger partial charge in [-0.25, -0.2) is 0 Å².